The highest BCUT2D eigenvalue weighted by molar-refractivity contribution is 5.78. The van der Waals surface area contributed by atoms with Crippen LogP contribution in [0.2, 0.25) is 0 Å². The smallest absolute Gasteiger partial charge is 0.223 e. The fraction of sp³-hybridized carbons (Fsp3) is 0.667. The SMILES string of the molecule is COc1ccc(C(CNC(=O)C(C)C2CCCC2)N2CCOCC2)cc1. The van der Waals surface area contributed by atoms with Gasteiger partial charge in [0.2, 0.25) is 5.91 Å². The number of rotatable bonds is 7. The maximum absolute atomic E-state index is 12.7. The van der Waals surface area contributed by atoms with Crippen molar-refractivity contribution in [2.75, 3.05) is 40.0 Å². The van der Waals surface area contributed by atoms with Crippen molar-refractivity contribution < 1.29 is 14.3 Å². The Morgan fingerprint density at radius 3 is 2.50 bits per heavy atom. The average Bonchev–Trinajstić information content (AvgIpc) is 3.23. The molecular weight excluding hydrogens is 328 g/mol. The van der Waals surface area contributed by atoms with Gasteiger partial charge in [0.15, 0.2) is 0 Å². The van der Waals surface area contributed by atoms with E-state index >= 15 is 0 Å². The minimum absolute atomic E-state index is 0.110. The second-order valence-corrected chi connectivity index (χ2v) is 7.52. The van der Waals surface area contributed by atoms with Gasteiger partial charge in [0, 0.05) is 25.6 Å². The first-order chi connectivity index (χ1) is 12.7. The van der Waals surface area contributed by atoms with E-state index in [1.165, 1.54) is 31.2 Å². The Labute approximate surface area is 157 Å². The number of nitrogens with one attached hydrogen (secondary N) is 1. The number of nitrogens with zero attached hydrogens (tertiary/aromatic N) is 1. The molecule has 2 fully saturated rings. The van der Waals surface area contributed by atoms with Crippen molar-refractivity contribution in [1.29, 1.82) is 0 Å². The zero-order chi connectivity index (χ0) is 18.4. The number of morpholine rings is 1. The average molecular weight is 360 g/mol. The molecule has 1 aliphatic heterocycles. The number of benzene rings is 1. The largest absolute Gasteiger partial charge is 0.497 e. The zero-order valence-corrected chi connectivity index (χ0v) is 16.1. The molecule has 26 heavy (non-hydrogen) atoms. The van der Waals surface area contributed by atoms with Gasteiger partial charge in [-0.25, -0.2) is 0 Å². The van der Waals surface area contributed by atoms with Crippen LogP contribution in [-0.4, -0.2) is 50.8 Å². The summed E-state index contributed by atoms with van der Waals surface area (Å²) in [6.07, 6.45) is 4.93. The lowest BCUT2D eigenvalue weighted by molar-refractivity contribution is -0.126. The second kappa shape index (κ2) is 9.38. The fourth-order valence-electron chi connectivity index (χ4n) is 4.20. The normalized spacial score (nSPS) is 21.3. The molecule has 1 aliphatic carbocycles. The van der Waals surface area contributed by atoms with Gasteiger partial charge in [-0.2, -0.15) is 0 Å². The van der Waals surface area contributed by atoms with Crippen LogP contribution in [0.3, 0.4) is 0 Å². The van der Waals surface area contributed by atoms with Crippen molar-refractivity contribution in [1.82, 2.24) is 10.2 Å². The van der Waals surface area contributed by atoms with Gasteiger partial charge in [-0.05, 0) is 36.5 Å². The highest BCUT2D eigenvalue weighted by Crippen LogP contribution is 2.31. The van der Waals surface area contributed by atoms with Crippen LogP contribution in [0.1, 0.15) is 44.2 Å². The summed E-state index contributed by atoms with van der Waals surface area (Å²) in [6.45, 7) is 6.01. The lowest BCUT2D eigenvalue weighted by atomic mass is 9.91. The van der Waals surface area contributed by atoms with Crippen molar-refractivity contribution >= 4 is 5.91 Å². The Morgan fingerprint density at radius 2 is 1.88 bits per heavy atom. The monoisotopic (exact) mass is 360 g/mol. The molecule has 2 aliphatic rings. The molecule has 1 N–H and O–H groups in total. The fourth-order valence-corrected chi connectivity index (χ4v) is 4.20. The first kappa shape index (κ1) is 19.2. The molecular formula is C21H32N2O3. The first-order valence-electron chi connectivity index (χ1n) is 9.92. The highest BCUT2D eigenvalue weighted by Gasteiger charge is 2.28. The molecule has 1 saturated heterocycles. The van der Waals surface area contributed by atoms with E-state index in [1.807, 2.05) is 12.1 Å². The van der Waals surface area contributed by atoms with E-state index < -0.39 is 0 Å². The standard InChI is InChI=1S/C21H32N2O3/c1-16(17-5-3-4-6-17)21(24)22-15-20(23-11-13-26-14-12-23)18-7-9-19(25-2)10-8-18/h7-10,16-17,20H,3-6,11-15H2,1-2H3,(H,22,24). The van der Waals surface area contributed by atoms with E-state index in [9.17, 15) is 4.79 Å². The minimum atomic E-state index is 0.110. The van der Waals surface area contributed by atoms with Crippen LogP contribution in [0.15, 0.2) is 24.3 Å². The predicted octanol–water partition coefficient (Wildman–Crippen LogP) is 3.01. The van der Waals surface area contributed by atoms with Gasteiger partial charge in [0.25, 0.3) is 0 Å². The van der Waals surface area contributed by atoms with E-state index in [0.717, 1.165) is 32.1 Å². The summed E-state index contributed by atoms with van der Waals surface area (Å²) < 4.78 is 10.8. The third kappa shape index (κ3) is 4.77. The number of carbonyl (C=O) groups excluding carboxylic acids is 1. The van der Waals surface area contributed by atoms with E-state index in [-0.39, 0.29) is 17.9 Å². The summed E-state index contributed by atoms with van der Waals surface area (Å²) in [5, 5.41) is 3.23. The van der Waals surface area contributed by atoms with Crippen LogP contribution >= 0.6 is 0 Å². The molecule has 0 bridgehead atoms. The van der Waals surface area contributed by atoms with Crippen molar-refractivity contribution in [3.8, 4) is 5.75 Å². The van der Waals surface area contributed by atoms with Crippen LogP contribution in [0.25, 0.3) is 0 Å². The quantitative estimate of drug-likeness (QED) is 0.812. The second-order valence-electron chi connectivity index (χ2n) is 7.52. The Morgan fingerprint density at radius 1 is 1.23 bits per heavy atom. The summed E-state index contributed by atoms with van der Waals surface area (Å²) in [4.78, 5) is 15.1. The zero-order valence-electron chi connectivity index (χ0n) is 16.1. The molecule has 1 aromatic rings. The van der Waals surface area contributed by atoms with Gasteiger partial charge in [0.05, 0.1) is 26.4 Å². The topological polar surface area (TPSA) is 50.8 Å². The number of methoxy groups -OCH3 is 1. The molecule has 3 rings (SSSR count). The summed E-state index contributed by atoms with van der Waals surface area (Å²) in [5.41, 5.74) is 1.21. The molecule has 2 unspecified atom stereocenters. The predicted molar refractivity (Wildman–Crippen MR) is 102 cm³/mol. The van der Waals surface area contributed by atoms with Gasteiger partial charge in [-0.3, -0.25) is 9.69 Å². The summed E-state index contributed by atoms with van der Waals surface area (Å²) in [7, 11) is 1.68. The molecule has 1 heterocycles. The number of hydrogen-bond acceptors (Lipinski definition) is 4. The van der Waals surface area contributed by atoms with Crippen LogP contribution in [0, 0.1) is 11.8 Å². The molecule has 5 nitrogen and oxygen atoms in total. The Kier molecular flexibility index (Phi) is 6.92. The van der Waals surface area contributed by atoms with Crippen molar-refractivity contribution in [3.05, 3.63) is 29.8 Å². The Bertz CT molecular complexity index is 563. The van der Waals surface area contributed by atoms with Crippen LogP contribution in [-0.2, 0) is 9.53 Å². The van der Waals surface area contributed by atoms with Gasteiger partial charge in [-0.15, -0.1) is 0 Å². The van der Waals surface area contributed by atoms with Crippen molar-refractivity contribution in [2.45, 2.75) is 38.6 Å². The van der Waals surface area contributed by atoms with Gasteiger partial charge >= 0.3 is 0 Å². The molecule has 1 amide bonds. The lowest BCUT2D eigenvalue weighted by Crippen LogP contribution is -2.45. The van der Waals surface area contributed by atoms with Gasteiger partial charge < -0.3 is 14.8 Å². The maximum atomic E-state index is 12.7. The number of carbonyl (C=O) groups is 1. The molecule has 1 saturated carbocycles. The molecule has 1 aromatic carbocycles. The third-order valence-corrected chi connectivity index (χ3v) is 5.98. The molecule has 0 radical (unpaired) electrons. The molecule has 5 heteroatoms. The van der Waals surface area contributed by atoms with E-state index in [4.69, 9.17) is 9.47 Å². The van der Waals surface area contributed by atoms with Crippen LogP contribution in [0.4, 0.5) is 0 Å². The van der Waals surface area contributed by atoms with Gasteiger partial charge in [-0.1, -0.05) is 31.9 Å². The van der Waals surface area contributed by atoms with Crippen LogP contribution in [0.5, 0.6) is 5.75 Å². The third-order valence-electron chi connectivity index (χ3n) is 5.98. The lowest BCUT2D eigenvalue weighted by Gasteiger charge is -2.35. The summed E-state index contributed by atoms with van der Waals surface area (Å²) in [5.74, 6) is 1.72. The van der Waals surface area contributed by atoms with Crippen molar-refractivity contribution in [2.24, 2.45) is 11.8 Å². The number of ether oxygens (including phenoxy) is 2. The molecule has 2 atom stereocenters. The maximum Gasteiger partial charge on any atom is 0.223 e. The summed E-state index contributed by atoms with van der Waals surface area (Å²) >= 11 is 0. The van der Waals surface area contributed by atoms with Crippen molar-refractivity contribution in [3.63, 3.8) is 0 Å². The molecule has 0 aromatic heterocycles. The number of amides is 1. The highest BCUT2D eigenvalue weighted by atomic mass is 16.5. The molecule has 144 valence electrons. The van der Waals surface area contributed by atoms with E-state index in [0.29, 0.717) is 12.5 Å². The van der Waals surface area contributed by atoms with E-state index in [1.54, 1.807) is 7.11 Å². The summed E-state index contributed by atoms with van der Waals surface area (Å²) in [6, 6.07) is 8.36. The first-order valence-corrected chi connectivity index (χ1v) is 9.92. The Balaban J connectivity index is 1.65. The van der Waals surface area contributed by atoms with Crippen LogP contribution < -0.4 is 10.1 Å². The number of hydrogen-bond donors (Lipinski definition) is 1. The van der Waals surface area contributed by atoms with Gasteiger partial charge in [0.1, 0.15) is 5.75 Å². The molecule has 0 spiro atoms. The minimum Gasteiger partial charge on any atom is -0.497 e. The van der Waals surface area contributed by atoms with E-state index in [2.05, 4.69) is 29.3 Å². The Hall–Kier alpha value is -1.59.